The molecule has 0 radical (unpaired) electrons. The first kappa shape index (κ1) is 13.2. The molecule has 1 saturated heterocycles. The number of piperidine rings is 1. The fraction of sp³-hybridized carbons (Fsp3) is 0.533. The van der Waals surface area contributed by atoms with E-state index in [0.717, 1.165) is 31.5 Å². The van der Waals surface area contributed by atoms with Gasteiger partial charge in [-0.05, 0) is 26.3 Å². The largest absolute Gasteiger partial charge is 0.389 e. The van der Waals surface area contributed by atoms with E-state index in [9.17, 15) is 9.90 Å². The molecule has 1 N–H and O–H groups in total. The number of aliphatic hydroxyl groups is 1. The van der Waals surface area contributed by atoms with E-state index in [4.69, 9.17) is 0 Å². The van der Waals surface area contributed by atoms with E-state index < -0.39 is 5.60 Å². The number of nitrogens with zero attached hydrogens (tertiary/aromatic N) is 1. The molecule has 1 fully saturated rings. The van der Waals surface area contributed by atoms with Crippen LogP contribution >= 0.6 is 0 Å². The topological polar surface area (TPSA) is 40.5 Å². The van der Waals surface area contributed by atoms with Gasteiger partial charge in [0.1, 0.15) is 0 Å². The van der Waals surface area contributed by atoms with Crippen molar-refractivity contribution in [2.45, 2.75) is 31.8 Å². The van der Waals surface area contributed by atoms with Gasteiger partial charge in [-0.2, -0.15) is 0 Å². The van der Waals surface area contributed by atoms with Gasteiger partial charge in [-0.3, -0.25) is 4.79 Å². The van der Waals surface area contributed by atoms with E-state index in [-0.39, 0.29) is 5.78 Å². The summed E-state index contributed by atoms with van der Waals surface area (Å²) in [6.45, 7) is 4.27. The Kier molecular flexibility index (Phi) is 4.15. The number of Topliss-reactive ketones (excluding diaryl/α,β-unsaturated/α-hetero) is 1. The lowest BCUT2D eigenvalue weighted by Crippen LogP contribution is -2.46. The second kappa shape index (κ2) is 5.63. The van der Waals surface area contributed by atoms with Crippen LogP contribution in [0.3, 0.4) is 0 Å². The van der Waals surface area contributed by atoms with Crippen LogP contribution in [0.25, 0.3) is 0 Å². The van der Waals surface area contributed by atoms with Gasteiger partial charge < -0.3 is 10.0 Å². The first-order valence-corrected chi connectivity index (χ1v) is 6.60. The SMILES string of the molecule is CC1(O)CCCN(CCC(=O)c2ccccc2)C1. The van der Waals surface area contributed by atoms with Gasteiger partial charge in [-0.25, -0.2) is 0 Å². The first-order valence-electron chi connectivity index (χ1n) is 6.60. The van der Waals surface area contributed by atoms with Crippen LogP contribution in [-0.4, -0.2) is 41.0 Å². The number of β-amino-alcohol motifs (C(OH)–C–C–N with tert-alkyl or cyclic N) is 1. The van der Waals surface area contributed by atoms with Crippen molar-refractivity contribution in [1.82, 2.24) is 4.90 Å². The number of ketones is 1. The highest BCUT2D eigenvalue weighted by atomic mass is 16.3. The van der Waals surface area contributed by atoms with E-state index in [0.29, 0.717) is 13.0 Å². The Morgan fingerprint density at radius 2 is 2.11 bits per heavy atom. The van der Waals surface area contributed by atoms with E-state index in [1.54, 1.807) is 0 Å². The molecule has 1 aromatic carbocycles. The summed E-state index contributed by atoms with van der Waals surface area (Å²) in [6.07, 6.45) is 2.39. The molecule has 1 aliphatic rings. The summed E-state index contributed by atoms with van der Waals surface area (Å²) in [6, 6.07) is 9.40. The van der Waals surface area contributed by atoms with Crippen molar-refractivity contribution >= 4 is 5.78 Å². The number of hydrogen-bond acceptors (Lipinski definition) is 3. The Labute approximate surface area is 108 Å². The summed E-state index contributed by atoms with van der Waals surface area (Å²) in [4.78, 5) is 14.1. The predicted molar refractivity (Wildman–Crippen MR) is 71.7 cm³/mol. The highest BCUT2D eigenvalue weighted by Gasteiger charge is 2.28. The molecule has 0 aromatic heterocycles. The second-order valence-corrected chi connectivity index (χ2v) is 5.42. The third-order valence-electron chi connectivity index (χ3n) is 3.50. The van der Waals surface area contributed by atoms with Gasteiger partial charge >= 0.3 is 0 Å². The molecule has 0 bridgehead atoms. The fourth-order valence-electron chi connectivity index (χ4n) is 2.54. The Morgan fingerprint density at radius 3 is 2.78 bits per heavy atom. The van der Waals surface area contributed by atoms with E-state index in [2.05, 4.69) is 4.90 Å². The van der Waals surface area contributed by atoms with Crippen molar-refractivity contribution in [1.29, 1.82) is 0 Å². The first-order chi connectivity index (χ1) is 8.57. The molecule has 1 unspecified atom stereocenters. The molecule has 0 aliphatic carbocycles. The van der Waals surface area contributed by atoms with Crippen molar-refractivity contribution in [2.75, 3.05) is 19.6 Å². The molecule has 1 aliphatic heterocycles. The molecule has 1 aromatic rings. The van der Waals surface area contributed by atoms with Crippen molar-refractivity contribution in [3.63, 3.8) is 0 Å². The summed E-state index contributed by atoms with van der Waals surface area (Å²) in [7, 11) is 0. The minimum Gasteiger partial charge on any atom is -0.389 e. The molecule has 18 heavy (non-hydrogen) atoms. The third kappa shape index (κ3) is 3.65. The molecule has 1 atom stereocenters. The molecule has 98 valence electrons. The van der Waals surface area contributed by atoms with Gasteiger partial charge in [0, 0.05) is 25.1 Å². The average molecular weight is 247 g/mol. The molecule has 0 spiro atoms. The smallest absolute Gasteiger partial charge is 0.164 e. The lowest BCUT2D eigenvalue weighted by molar-refractivity contribution is -0.0153. The maximum absolute atomic E-state index is 12.0. The zero-order valence-electron chi connectivity index (χ0n) is 10.9. The highest BCUT2D eigenvalue weighted by Crippen LogP contribution is 2.20. The van der Waals surface area contributed by atoms with Gasteiger partial charge in [0.05, 0.1) is 5.60 Å². The number of likely N-dealkylation sites (tertiary alicyclic amines) is 1. The summed E-state index contributed by atoms with van der Waals surface area (Å²) < 4.78 is 0. The van der Waals surface area contributed by atoms with Crippen molar-refractivity contribution < 1.29 is 9.90 Å². The van der Waals surface area contributed by atoms with E-state index >= 15 is 0 Å². The van der Waals surface area contributed by atoms with E-state index in [1.165, 1.54) is 0 Å². The van der Waals surface area contributed by atoms with Crippen LogP contribution in [0.1, 0.15) is 36.5 Å². The Bertz CT molecular complexity index is 400. The normalized spacial score (nSPS) is 25.0. The van der Waals surface area contributed by atoms with Crippen LogP contribution in [0.5, 0.6) is 0 Å². The Hall–Kier alpha value is -1.19. The minimum absolute atomic E-state index is 0.181. The summed E-state index contributed by atoms with van der Waals surface area (Å²) >= 11 is 0. The fourth-order valence-corrected chi connectivity index (χ4v) is 2.54. The predicted octanol–water partition coefficient (Wildman–Crippen LogP) is 2.11. The zero-order valence-corrected chi connectivity index (χ0v) is 10.9. The number of benzene rings is 1. The van der Waals surface area contributed by atoms with Crippen molar-refractivity contribution in [3.05, 3.63) is 35.9 Å². The quantitative estimate of drug-likeness (QED) is 0.828. The van der Waals surface area contributed by atoms with Crippen LogP contribution in [0, 0.1) is 0 Å². The third-order valence-corrected chi connectivity index (χ3v) is 3.50. The monoisotopic (exact) mass is 247 g/mol. The number of rotatable bonds is 4. The van der Waals surface area contributed by atoms with Crippen LogP contribution < -0.4 is 0 Å². The lowest BCUT2D eigenvalue weighted by atomic mass is 9.95. The van der Waals surface area contributed by atoms with Gasteiger partial charge in [0.2, 0.25) is 0 Å². The number of hydrogen-bond donors (Lipinski definition) is 1. The van der Waals surface area contributed by atoms with Crippen LogP contribution in [0.4, 0.5) is 0 Å². The molecular formula is C15H21NO2. The summed E-state index contributed by atoms with van der Waals surface area (Å²) in [5.74, 6) is 0.181. The second-order valence-electron chi connectivity index (χ2n) is 5.42. The standard InChI is InChI=1S/C15H21NO2/c1-15(18)9-5-10-16(12-15)11-8-14(17)13-6-3-2-4-7-13/h2-4,6-7,18H,5,8-12H2,1H3. The average Bonchev–Trinajstić information content (AvgIpc) is 2.36. The van der Waals surface area contributed by atoms with Gasteiger partial charge in [-0.1, -0.05) is 30.3 Å². The molecule has 2 rings (SSSR count). The maximum atomic E-state index is 12.0. The summed E-state index contributed by atoms with van der Waals surface area (Å²) in [5, 5.41) is 10.0. The van der Waals surface area contributed by atoms with Gasteiger partial charge in [0.25, 0.3) is 0 Å². The molecule has 0 saturated carbocycles. The maximum Gasteiger partial charge on any atom is 0.164 e. The highest BCUT2D eigenvalue weighted by molar-refractivity contribution is 5.96. The molecule has 0 amide bonds. The minimum atomic E-state index is -0.589. The lowest BCUT2D eigenvalue weighted by Gasteiger charge is -2.36. The van der Waals surface area contributed by atoms with E-state index in [1.807, 2.05) is 37.3 Å². The van der Waals surface area contributed by atoms with Gasteiger partial charge in [-0.15, -0.1) is 0 Å². The molecular weight excluding hydrogens is 226 g/mol. The Balaban J connectivity index is 1.83. The molecule has 3 nitrogen and oxygen atoms in total. The van der Waals surface area contributed by atoms with Crippen molar-refractivity contribution in [2.24, 2.45) is 0 Å². The van der Waals surface area contributed by atoms with Crippen LogP contribution in [0.15, 0.2) is 30.3 Å². The van der Waals surface area contributed by atoms with Gasteiger partial charge in [0.15, 0.2) is 5.78 Å². The summed E-state index contributed by atoms with van der Waals surface area (Å²) in [5.41, 5.74) is 0.190. The van der Waals surface area contributed by atoms with Crippen molar-refractivity contribution in [3.8, 4) is 0 Å². The number of carbonyl (C=O) groups excluding carboxylic acids is 1. The Morgan fingerprint density at radius 1 is 1.39 bits per heavy atom. The van der Waals surface area contributed by atoms with Crippen LogP contribution in [0.2, 0.25) is 0 Å². The molecule has 1 heterocycles. The zero-order chi connectivity index (χ0) is 13.0. The van der Waals surface area contributed by atoms with Crippen LogP contribution in [-0.2, 0) is 0 Å². The molecule has 3 heteroatoms. The number of carbonyl (C=O) groups is 1.